The van der Waals surface area contributed by atoms with Crippen LogP contribution in [0.2, 0.25) is 0 Å². The number of halogens is 1. The maximum absolute atomic E-state index is 13.4. The summed E-state index contributed by atoms with van der Waals surface area (Å²) in [6.45, 7) is 4.78. The van der Waals surface area contributed by atoms with Crippen LogP contribution in [0.15, 0.2) is 42.5 Å². The van der Waals surface area contributed by atoms with Crippen molar-refractivity contribution < 1.29 is 13.9 Å². The highest BCUT2D eigenvalue weighted by atomic mass is 19.1. The summed E-state index contributed by atoms with van der Waals surface area (Å²) in [6.07, 6.45) is 0.0379. The van der Waals surface area contributed by atoms with Gasteiger partial charge >= 0.3 is 0 Å². The molecule has 0 atom stereocenters. The molecule has 0 saturated carbocycles. The minimum atomic E-state index is -0.357. The van der Waals surface area contributed by atoms with Crippen LogP contribution in [0, 0.1) is 19.7 Å². The molecule has 4 heteroatoms. The van der Waals surface area contributed by atoms with E-state index in [1.807, 2.05) is 32.0 Å². The molecular weight excluding hydrogens is 281 g/mol. The SMILES string of the molecule is Cc1ccc(OCCNC(=O)Cc2ccccc2F)c(C)c1. The van der Waals surface area contributed by atoms with Crippen LogP contribution in [0.5, 0.6) is 5.75 Å². The van der Waals surface area contributed by atoms with Gasteiger partial charge in [-0.2, -0.15) is 0 Å². The van der Waals surface area contributed by atoms with Gasteiger partial charge in [0.1, 0.15) is 18.2 Å². The molecule has 0 fully saturated rings. The average Bonchev–Trinajstić information content (AvgIpc) is 2.48. The van der Waals surface area contributed by atoms with Crippen LogP contribution in [-0.2, 0) is 11.2 Å². The van der Waals surface area contributed by atoms with Crippen molar-refractivity contribution in [2.24, 2.45) is 0 Å². The molecule has 0 aliphatic heterocycles. The first-order valence-corrected chi connectivity index (χ1v) is 7.26. The molecule has 2 aromatic rings. The van der Waals surface area contributed by atoms with Crippen molar-refractivity contribution in [1.29, 1.82) is 0 Å². The van der Waals surface area contributed by atoms with Crippen molar-refractivity contribution in [3.05, 3.63) is 65.0 Å². The van der Waals surface area contributed by atoms with E-state index >= 15 is 0 Å². The first-order valence-electron chi connectivity index (χ1n) is 7.26. The van der Waals surface area contributed by atoms with Gasteiger partial charge in [-0.05, 0) is 37.1 Å². The molecule has 1 N–H and O–H groups in total. The maximum Gasteiger partial charge on any atom is 0.224 e. The molecule has 0 saturated heterocycles. The molecule has 0 spiro atoms. The summed E-state index contributed by atoms with van der Waals surface area (Å²) in [6, 6.07) is 12.2. The second kappa shape index (κ2) is 7.59. The summed E-state index contributed by atoms with van der Waals surface area (Å²) < 4.78 is 19.1. The molecular formula is C18H20FNO2. The average molecular weight is 301 g/mol. The van der Waals surface area contributed by atoms with Gasteiger partial charge in [0.15, 0.2) is 0 Å². The van der Waals surface area contributed by atoms with Crippen molar-refractivity contribution in [3.8, 4) is 5.75 Å². The highest BCUT2D eigenvalue weighted by Crippen LogP contribution is 2.18. The zero-order valence-corrected chi connectivity index (χ0v) is 12.9. The first kappa shape index (κ1) is 16.0. The lowest BCUT2D eigenvalue weighted by Gasteiger charge is -2.10. The Labute approximate surface area is 130 Å². The fraction of sp³-hybridized carbons (Fsp3) is 0.278. The van der Waals surface area contributed by atoms with Gasteiger partial charge in [-0.3, -0.25) is 4.79 Å². The van der Waals surface area contributed by atoms with E-state index in [1.165, 1.54) is 11.6 Å². The Hall–Kier alpha value is -2.36. The molecule has 0 radical (unpaired) electrons. The number of aryl methyl sites for hydroxylation is 2. The number of carbonyl (C=O) groups excluding carboxylic acids is 1. The number of nitrogens with one attached hydrogen (secondary N) is 1. The van der Waals surface area contributed by atoms with E-state index in [0.29, 0.717) is 18.7 Å². The Kier molecular flexibility index (Phi) is 5.53. The molecule has 2 rings (SSSR count). The summed E-state index contributed by atoms with van der Waals surface area (Å²) >= 11 is 0. The molecule has 0 aromatic heterocycles. The van der Waals surface area contributed by atoms with Crippen LogP contribution in [0.1, 0.15) is 16.7 Å². The van der Waals surface area contributed by atoms with Gasteiger partial charge in [0.25, 0.3) is 0 Å². The third kappa shape index (κ3) is 4.58. The quantitative estimate of drug-likeness (QED) is 0.832. The highest BCUT2D eigenvalue weighted by Gasteiger charge is 2.07. The minimum absolute atomic E-state index is 0.0379. The van der Waals surface area contributed by atoms with E-state index in [9.17, 15) is 9.18 Å². The topological polar surface area (TPSA) is 38.3 Å². The maximum atomic E-state index is 13.4. The van der Waals surface area contributed by atoms with Crippen molar-refractivity contribution in [3.63, 3.8) is 0 Å². The van der Waals surface area contributed by atoms with Gasteiger partial charge in [-0.1, -0.05) is 35.9 Å². The van der Waals surface area contributed by atoms with Crippen molar-refractivity contribution in [2.45, 2.75) is 20.3 Å². The van der Waals surface area contributed by atoms with Gasteiger partial charge in [-0.25, -0.2) is 4.39 Å². The second-order valence-corrected chi connectivity index (χ2v) is 5.24. The Balaban J connectivity index is 1.74. The zero-order chi connectivity index (χ0) is 15.9. The van der Waals surface area contributed by atoms with E-state index in [1.54, 1.807) is 18.2 Å². The number of ether oxygens (including phenoxy) is 1. The summed E-state index contributed by atoms with van der Waals surface area (Å²) in [7, 11) is 0. The molecule has 0 unspecified atom stereocenters. The van der Waals surface area contributed by atoms with Crippen LogP contribution in [0.25, 0.3) is 0 Å². The number of rotatable bonds is 6. The Bertz CT molecular complexity index is 655. The lowest BCUT2D eigenvalue weighted by Crippen LogP contribution is -2.29. The largest absolute Gasteiger partial charge is 0.491 e. The summed E-state index contributed by atoms with van der Waals surface area (Å²) in [5.41, 5.74) is 2.65. The van der Waals surface area contributed by atoms with Crippen molar-refractivity contribution in [2.75, 3.05) is 13.2 Å². The number of benzene rings is 2. The summed E-state index contributed by atoms with van der Waals surface area (Å²) in [5.74, 6) is 0.243. The highest BCUT2D eigenvalue weighted by molar-refractivity contribution is 5.78. The fourth-order valence-corrected chi connectivity index (χ4v) is 2.19. The predicted octanol–water partition coefficient (Wildman–Crippen LogP) is 3.18. The van der Waals surface area contributed by atoms with Crippen LogP contribution in [0.3, 0.4) is 0 Å². The van der Waals surface area contributed by atoms with Crippen LogP contribution in [-0.4, -0.2) is 19.1 Å². The Morgan fingerprint density at radius 1 is 1.18 bits per heavy atom. The van der Waals surface area contributed by atoms with E-state index < -0.39 is 0 Å². The van der Waals surface area contributed by atoms with Crippen LogP contribution < -0.4 is 10.1 Å². The first-order chi connectivity index (χ1) is 10.6. The molecule has 116 valence electrons. The third-order valence-corrected chi connectivity index (χ3v) is 3.32. The number of hydrogen-bond acceptors (Lipinski definition) is 2. The van der Waals surface area contributed by atoms with Gasteiger partial charge in [0.05, 0.1) is 13.0 Å². The van der Waals surface area contributed by atoms with Gasteiger partial charge in [-0.15, -0.1) is 0 Å². The van der Waals surface area contributed by atoms with Crippen molar-refractivity contribution >= 4 is 5.91 Å². The molecule has 0 aliphatic carbocycles. The molecule has 2 aromatic carbocycles. The standard InChI is InChI=1S/C18H20FNO2/c1-13-7-8-17(14(2)11-13)22-10-9-20-18(21)12-15-5-3-4-6-16(15)19/h3-8,11H,9-10,12H2,1-2H3,(H,20,21). The molecule has 0 bridgehead atoms. The molecule has 3 nitrogen and oxygen atoms in total. The number of amides is 1. The number of carbonyl (C=O) groups is 1. The van der Waals surface area contributed by atoms with Gasteiger partial charge in [0.2, 0.25) is 5.91 Å². The normalized spacial score (nSPS) is 10.3. The fourth-order valence-electron chi connectivity index (χ4n) is 2.19. The monoisotopic (exact) mass is 301 g/mol. The van der Waals surface area contributed by atoms with Crippen molar-refractivity contribution in [1.82, 2.24) is 5.32 Å². The summed E-state index contributed by atoms with van der Waals surface area (Å²) in [4.78, 5) is 11.8. The zero-order valence-electron chi connectivity index (χ0n) is 12.9. The third-order valence-electron chi connectivity index (χ3n) is 3.32. The predicted molar refractivity (Wildman–Crippen MR) is 84.5 cm³/mol. The molecule has 1 amide bonds. The smallest absolute Gasteiger partial charge is 0.224 e. The van der Waals surface area contributed by atoms with Gasteiger partial charge < -0.3 is 10.1 Å². The summed E-state index contributed by atoms with van der Waals surface area (Å²) in [5, 5.41) is 2.73. The molecule has 22 heavy (non-hydrogen) atoms. The lowest BCUT2D eigenvalue weighted by molar-refractivity contribution is -0.120. The van der Waals surface area contributed by atoms with E-state index in [-0.39, 0.29) is 18.1 Å². The Morgan fingerprint density at radius 2 is 1.95 bits per heavy atom. The van der Waals surface area contributed by atoms with Crippen LogP contribution in [0.4, 0.5) is 4.39 Å². The lowest BCUT2D eigenvalue weighted by atomic mass is 10.1. The minimum Gasteiger partial charge on any atom is -0.491 e. The van der Waals surface area contributed by atoms with E-state index in [0.717, 1.165) is 11.3 Å². The Morgan fingerprint density at radius 3 is 2.68 bits per heavy atom. The second-order valence-electron chi connectivity index (χ2n) is 5.24. The molecule has 0 heterocycles. The number of hydrogen-bond donors (Lipinski definition) is 1. The van der Waals surface area contributed by atoms with E-state index in [2.05, 4.69) is 5.32 Å². The van der Waals surface area contributed by atoms with Gasteiger partial charge in [0, 0.05) is 0 Å². The molecule has 0 aliphatic rings. The van der Waals surface area contributed by atoms with E-state index in [4.69, 9.17) is 4.74 Å². The van der Waals surface area contributed by atoms with Crippen LogP contribution >= 0.6 is 0 Å².